The molecule has 0 heterocycles. The lowest BCUT2D eigenvalue weighted by atomic mass is 10.1. The number of anilines is 1. The summed E-state index contributed by atoms with van der Waals surface area (Å²) in [6.07, 6.45) is 4.45. The second kappa shape index (κ2) is 11.6. The third-order valence-corrected chi connectivity index (χ3v) is 6.68. The molecule has 8 nitrogen and oxygen atoms in total. The Balaban J connectivity index is 2.01. The van der Waals surface area contributed by atoms with Gasteiger partial charge in [-0.15, -0.1) is 0 Å². The molecule has 0 spiro atoms. The van der Waals surface area contributed by atoms with Crippen LogP contribution in [-0.4, -0.2) is 54.5 Å². The number of hydrogen-bond donors (Lipinski definition) is 3. The van der Waals surface area contributed by atoms with Gasteiger partial charge in [0.2, 0.25) is 6.41 Å². The lowest BCUT2D eigenvalue weighted by molar-refractivity contribution is -0.161. The van der Waals surface area contributed by atoms with Gasteiger partial charge in [-0.25, -0.2) is 13.5 Å². The van der Waals surface area contributed by atoms with Gasteiger partial charge in [0, 0.05) is 11.3 Å². The Morgan fingerprint density at radius 1 is 1.10 bits per heavy atom. The molecule has 0 bridgehead atoms. The second-order valence-electron chi connectivity index (χ2n) is 7.24. The van der Waals surface area contributed by atoms with Gasteiger partial charge in [-0.05, 0) is 54.8 Å². The van der Waals surface area contributed by atoms with Crippen molar-refractivity contribution in [1.82, 2.24) is 5.06 Å². The van der Waals surface area contributed by atoms with E-state index in [-0.39, 0.29) is 22.3 Å². The molecular weight excluding hydrogens is 420 g/mol. The van der Waals surface area contributed by atoms with Gasteiger partial charge in [0.1, 0.15) is 0 Å². The first-order valence-electron chi connectivity index (χ1n) is 10.1. The first-order chi connectivity index (χ1) is 14.8. The average Bonchev–Trinajstić information content (AvgIpc) is 2.78. The molecule has 0 fully saturated rings. The van der Waals surface area contributed by atoms with Gasteiger partial charge in [-0.2, -0.15) is 0 Å². The maximum atomic E-state index is 12.5. The third-order valence-electron chi connectivity index (χ3n) is 4.86. The molecule has 2 aromatic carbocycles. The molecule has 9 heteroatoms. The summed E-state index contributed by atoms with van der Waals surface area (Å²) in [5.41, 5.74) is 2.10. The maximum absolute atomic E-state index is 12.5. The summed E-state index contributed by atoms with van der Waals surface area (Å²) in [4.78, 5) is 23.0. The Kier molecular flexibility index (Phi) is 9.17. The van der Waals surface area contributed by atoms with Crippen molar-refractivity contribution >= 4 is 27.8 Å². The highest BCUT2D eigenvalue weighted by atomic mass is 32.2. The van der Waals surface area contributed by atoms with Gasteiger partial charge >= 0.3 is 0 Å². The third kappa shape index (κ3) is 7.16. The molecule has 0 radical (unpaired) electrons. The van der Waals surface area contributed by atoms with E-state index >= 15 is 0 Å². The number of amides is 2. The number of sulfone groups is 1. The van der Waals surface area contributed by atoms with Crippen LogP contribution in [0.4, 0.5) is 5.69 Å². The Morgan fingerprint density at radius 3 is 2.29 bits per heavy atom. The van der Waals surface area contributed by atoms with Crippen LogP contribution in [0.5, 0.6) is 0 Å². The van der Waals surface area contributed by atoms with E-state index in [1.165, 1.54) is 36.2 Å². The number of hydroxylamine groups is 2. The molecule has 2 amide bonds. The van der Waals surface area contributed by atoms with E-state index in [0.717, 1.165) is 19.3 Å². The lowest BCUT2D eigenvalue weighted by Crippen LogP contribution is -2.39. The summed E-state index contributed by atoms with van der Waals surface area (Å²) in [5.74, 6) is -0.951. The molecule has 0 aromatic heterocycles. The zero-order valence-electron chi connectivity index (χ0n) is 17.4. The van der Waals surface area contributed by atoms with Gasteiger partial charge in [0.15, 0.2) is 9.84 Å². The number of carbonyl (C=O) groups excluding carboxylic acids is 2. The normalized spacial score (nSPS) is 12.2. The van der Waals surface area contributed by atoms with E-state index in [9.17, 15) is 28.3 Å². The van der Waals surface area contributed by atoms with Crippen LogP contribution in [0.15, 0.2) is 53.4 Å². The Hall–Kier alpha value is -2.75. The Bertz CT molecular complexity index is 959. The highest BCUT2D eigenvalue weighted by Gasteiger charge is 2.24. The first-order valence-corrected chi connectivity index (χ1v) is 11.7. The standard InChI is InChI=1S/C22H28N2O6S/c1-2-3-4-5-17-6-8-18(9-7-17)22(27)23-19-10-12-21(13-11-19)31(29,30)15-20(14-25)24(28)16-26/h6-13,16,20,25,28H,2-5,14-15H2,1H3,(H,23,27)/t20-/m0/s1. The van der Waals surface area contributed by atoms with Crippen molar-refractivity contribution in [3.63, 3.8) is 0 Å². The summed E-state index contributed by atoms with van der Waals surface area (Å²) in [6, 6.07) is 11.7. The molecule has 2 rings (SSSR count). The van der Waals surface area contributed by atoms with Gasteiger partial charge in [0.25, 0.3) is 5.91 Å². The first kappa shape index (κ1) is 24.5. The van der Waals surface area contributed by atoms with Crippen LogP contribution in [0.2, 0.25) is 0 Å². The molecule has 0 aliphatic carbocycles. The number of carbonyl (C=O) groups is 2. The number of aryl methyl sites for hydroxylation is 1. The van der Waals surface area contributed by atoms with Gasteiger partial charge in [-0.1, -0.05) is 31.9 Å². The fourth-order valence-electron chi connectivity index (χ4n) is 3.00. The molecule has 3 N–H and O–H groups in total. The van der Waals surface area contributed by atoms with Crippen molar-refractivity contribution in [2.24, 2.45) is 0 Å². The fourth-order valence-corrected chi connectivity index (χ4v) is 4.51. The van der Waals surface area contributed by atoms with E-state index in [4.69, 9.17) is 0 Å². The number of nitrogens with zero attached hydrogens (tertiary/aromatic N) is 1. The molecule has 0 saturated carbocycles. The quantitative estimate of drug-likeness (QED) is 0.198. The number of benzene rings is 2. The van der Waals surface area contributed by atoms with E-state index in [2.05, 4.69) is 12.2 Å². The van der Waals surface area contributed by atoms with E-state index in [0.29, 0.717) is 11.3 Å². The maximum Gasteiger partial charge on any atom is 0.255 e. The Labute approximate surface area is 182 Å². The van der Waals surface area contributed by atoms with Crippen LogP contribution in [0.25, 0.3) is 0 Å². The number of aliphatic hydroxyl groups is 1. The van der Waals surface area contributed by atoms with Gasteiger partial charge in [-0.3, -0.25) is 14.8 Å². The molecule has 168 valence electrons. The monoisotopic (exact) mass is 448 g/mol. The number of hydrogen-bond acceptors (Lipinski definition) is 6. The predicted molar refractivity (Wildman–Crippen MR) is 117 cm³/mol. The lowest BCUT2D eigenvalue weighted by Gasteiger charge is -2.20. The van der Waals surface area contributed by atoms with Crippen molar-refractivity contribution in [2.75, 3.05) is 17.7 Å². The minimum atomic E-state index is -3.87. The summed E-state index contributed by atoms with van der Waals surface area (Å²) in [7, 11) is -3.87. The van der Waals surface area contributed by atoms with Crippen LogP contribution in [0, 0.1) is 0 Å². The van der Waals surface area contributed by atoms with Crippen LogP contribution in [-0.2, 0) is 21.1 Å². The number of unbranched alkanes of at least 4 members (excludes halogenated alkanes) is 2. The smallest absolute Gasteiger partial charge is 0.255 e. The highest BCUT2D eigenvalue weighted by Crippen LogP contribution is 2.18. The summed E-state index contributed by atoms with van der Waals surface area (Å²) >= 11 is 0. The van der Waals surface area contributed by atoms with Gasteiger partial charge in [0.05, 0.1) is 23.3 Å². The van der Waals surface area contributed by atoms with Crippen molar-refractivity contribution in [3.05, 3.63) is 59.7 Å². The number of rotatable bonds is 12. The van der Waals surface area contributed by atoms with Crippen LogP contribution in [0.1, 0.15) is 42.1 Å². The molecule has 0 aliphatic heterocycles. The van der Waals surface area contributed by atoms with E-state index < -0.39 is 28.2 Å². The Morgan fingerprint density at radius 2 is 1.74 bits per heavy atom. The molecule has 1 atom stereocenters. The summed E-state index contributed by atoms with van der Waals surface area (Å²) in [6.45, 7) is 1.44. The van der Waals surface area contributed by atoms with Crippen molar-refractivity contribution < 1.29 is 28.3 Å². The minimum Gasteiger partial charge on any atom is -0.394 e. The van der Waals surface area contributed by atoms with Crippen LogP contribution >= 0.6 is 0 Å². The van der Waals surface area contributed by atoms with Crippen molar-refractivity contribution in [3.8, 4) is 0 Å². The molecule has 31 heavy (non-hydrogen) atoms. The van der Waals surface area contributed by atoms with Crippen LogP contribution < -0.4 is 5.32 Å². The van der Waals surface area contributed by atoms with E-state index in [1.807, 2.05) is 12.1 Å². The van der Waals surface area contributed by atoms with E-state index in [1.54, 1.807) is 12.1 Å². The topological polar surface area (TPSA) is 124 Å². The SMILES string of the molecule is CCCCCc1ccc(C(=O)Nc2ccc(S(=O)(=O)C[C@H](CO)N(O)C=O)cc2)cc1. The number of aliphatic hydroxyl groups excluding tert-OH is 1. The summed E-state index contributed by atoms with van der Waals surface area (Å²) < 4.78 is 24.9. The molecular formula is C22H28N2O6S. The zero-order valence-corrected chi connectivity index (χ0v) is 18.2. The summed E-state index contributed by atoms with van der Waals surface area (Å²) in [5, 5.41) is 21.4. The molecule has 2 aromatic rings. The van der Waals surface area contributed by atoms with Crippen LogP contribution in [0.3, 0.4) is 0 Å². The zero-order chi connectivity index (χ0) is 22.9. The largest absolute Gasteiger partial charge is 0.394 e. The second-order valence-corrected chi connectivity index (χ2v) is 9.27. The van der Waals surface area contributed by atoms with Crippen molar-refractivity contribution in [1.29, 1.82) is 0 Å². The van der Waals surface area contributed by atoms with Gasteiger partial charge < -0.3 is 10.4 Å². The molecule has 0 aliphatic rings. The number of nitrogens with one attached hydrogen (secondary N) is 1. The predicted octanol–water partition coefficient (Wildman–Crippen LogP) is 2.65. The fraction of sp³-hybridized carbons (Fsp3) is 0.364. The molecule has 0 unspecified atom stereocenters. The average molecular weight is 449 g/mol. The minimum absolute atomic E-state index is 0.0345. The highest BCUT2D eigenvalue weighted by molar-refractivity contribution is 7.91. The molecule has 0 saturated heterocycles. The van der Waals surface area contributed by atoms with Crippen molar-refractivity contribution in [2.45, 2.75) is 43.5 Å².